The van der Waals surface area contributed by atoms with Gasteiger partial charge in [-0.25, -0.2) is 0 Å². The first-order valence-electron chi connectivity index (χ1n) is 12.1. The standard InChI is InChI=1S/C15H17Si.3C4H9.Sn/c1-16(2,3)15-12-8-7-11-14(15)13-9-5-4-6-10-13;3*1-3-4-2;/h4-9,11-12H,1-3H3;3*1,3-4H2,2H3;. The summed E-state index contributed by atoms with van der Waals surface area (Å²) in [5.41, 5.74) is 3.15. The Labute approximate surface area is 186 Å². The number of hydrogen-bond donors (Lipinski definition) is 0. The summed E-state index contributed by atoms with van der Waals surface area (Å²) in [5.74, 6) is 0. The van der Waals surface area contributed by atoms with Gasteiger partial charge in [-0.3, -0.25) is 0 Å². The molecule has 0 aromatic heterocycles. The van der Waals surface area contributed by atoms with Crippen LogP contribution in [-0.4, -0.2) is 26.5 Å². The Morgan fingerprint density at radius 2 is 1.07 bits per heavy atom. The van der Waals surface area contributed by atoms with Crippen LogP contribution in [0.2, 0.25) is 33.0 Å². The first-order chi connectivity index (χ1) is 13.9. The molecule has 0 heterocycles. The van der Waals surface area contributed by atoms with Gasteiger partial charge in [0.05, 0.1) is 0 Å². The molecular formula is C27H44SiSn. The number of benzene rings is 2. The SMILES string of the molecule is CCC[CH2][Sn]([CH2]CCC)([CH2]CCC)[c]1ccccc1-c1ccccc1[Si](C)(C)C. The van der Waals surface area contributed by atoms with Gasteiger partial charge >= 0.3 is 187 Å². The molecule has 0 saturated carbocycles. The van der Waals surface area contributed by atoms with Crippen LogP contribution in [-0.2, 0) is 0 Å². The average Bonchev–Trinajstić information content (AvgIpc) is 2.73. The topological polar surface area (TPSA) is 0 Å². The summed E-state index contributed by atoms with van der Waals surface area (Å²) in [4.78, 5) is 0. The molecule has 2 heteroatoms. The maximum atomic E-state index is 2.56. The van der Waals surface area contributed by atoms with Crippen LogP contribution in [0.25, 0.3) is 11.1 Å². The van der Waals surface area contributed by atoms with E-state index in [0.29, 0.717) is 0 Å². The minimum atomic E-state index is -2.48. The molecule has 0 saturated heterocycles. The van der Waals surface area contributed by atoms with Gasteiger partial charge in [0.2, 0.25) is 0 Å². The molecule has 2 aromatic rings. The van der Waals surface area contributed by atoms with Crippen LogP contribution in [0.1, 0.15) is 59.3 Å². The van der Waals surface area contributed by atoms with Crippen LogP contribution in [0.4, 0.5) is 0 Å². The summed E-state index contributed by atoms with van der Waals surface area (Å²) in [6.45, 7) is 14.6. The van der Waals surface area contributed by atoms with Crippen molar-refractivity contribution in [2.75, 3.05) is 0 Å². The normalized spacial score (nSPS) is 12.3. The van der Waals surface area contributed by atoms with E-state index in [4.69, 9.17) is 0 Å². The van der Waals surface area contributed by atoms with Crippen LogP contribution in [0.5, 0.6) is 0 Å². The van der Waals surface area contributed by atoms with Crippen molar-refractivity contribution in [3.05, 3.63) is 48.5 Å². The quantitative estimate of drug-likeness (QED) is 0.252. The van der Waals surface area contributed by atoms with Crippen LogP contribution in [0.15, 0.2) is 48.5 Å². The third kappa shape index (κ3) is 6.47. The summed E-state index contributed by atoms with van der Waals surface area (Å²) < 4.78 is 6.45. The van der Waals surface area contributed by atoms with E-state index in [1.54, 1.807) is 16.3 Å². The molecule has 0 spiro atoms. The Kier molecular flexibility index (Phi) is 10.0. The Hall–Kier alpha value is -0.544. The number of rotatable bonds is 12. The molecule has 0 atom stereocenters. The van der Waals surface area contributed by atoms with Crippen molar-refractivity contribution in [2.24, 2.45) is 0 Å². The molecule has 0 bridgehead atoms. The van der Waals surface area contributed by atoms with E-state index < -0.39 is 26.5 Å². The second-order valence-electron chi connectivity index (χ2n) is 9.93. The van der Waals surface area contributed by atoms with E-state index in [9.17, 15) is 0 Å². The number of hydrogen-bond acceptors (Lipinski definition) is 0. The second kappa shape index (κ2) is 11.7. The summed E-state index contributed by atoms with van der Waals surface area (Å²) in [6.07, 6.45) is 8.29. The number of unbranched alkanes of at least 4 members (excludes halogenated alkanes) is 3. The molecule has 0 aliphatic heterocycles. The Balaban J connectivity index is 2.68. The van der Waals surface area contributed by atoms with Gasteiger partial charge in [0.1, 0.15) is 0 Å². The van der Waals surface area contributed by atoms with Crippen molar-refractivity contribution in [1.82, 2.24) is 0 Å². The molecule has 0 N–H and O–H groups in total. The van der Waals surface area contributed by atoms with Crippen molar-refractivity contribution in [1.29, 1.82) is 0 Å². The van der Waals surface area contributed by atoms with Gasteiger partial charge in [-0.1, -0.05) is 0 Å². The Morgan fingerprint density at radius 1 is 0.621 bits per heavy atom. The zero-order valence-electron chi connectivity index (χ0n) is 20.0. The molecule has 0 radical (unpaired) electrons. The van der Waals surface area contributed by atoms with Crippen LogP contribution in [0, 0.1) is 0 Å². The zero-order chi connectivity index (χ0) is 21.3. The Bertz CT molecular complexity index is 722. The molecule has 0 fully saturated rings. The van der Waals surface area contributed by atoms with E-state index in [1.807, 2.05) is 3.58 Å². The minimum absolute atomic E-state index is 1.34. The van der Waals surface area contributed by atoms with E-state index in [2.05, 4.69) is 88.9 Å². The summed E-state index contributed by atoms with van der Waals surface area (Å²) >= 11 is -2.48. The first kappa shape index (κ1) is 24.7. The van der Waals surface area contributed by atoms with E-state index in [-0.39, 0.29) is 0 Å². The predicted molar refractivity (Wildman–Crippen MR) is 139 cm³/mol. The Morgan fingerprint density at radius 3 is 1.55 bits per heavy atom. The molecule has 160 valence electrons. The molecule has 0 aliphatic carbocycles. The van der Waals surface area contributed by atoms with Crippen molar-refractivity contribution in [3.8, 4) is 11.1 Å². The molecule has 29 heavy (non-hydrogen) atoms. The molecular weight excluding hydrogens is 471 g/mol. The van der Waals surface area contributed by atoms with Crippen molar-refractivity contribution >= 4 is 35.2 Å². The van der Waals surface area contributed by atoms with E-state index in [1.165, 1.54) is 51.8 Å². The third-order valence-electron chi connectivity index (χ3n) is 6.55. The van der Waals surface area contributed by atoms with Gasteiger partial charge in [-0.15, -0.1) is 0 Å². The van der Waals surface area contributed by atoms with E-state index >= 15 is 0 Å². The van der Waals surface area contributed by atoms with Gasteiger partial charge in [-0.2, -0.15) is 0 Å². The van der Waals surface area contributed by atoms with Gasteiger partial charge in [0, 0.05) is 0 Å². The summed E-state index contributed by atoms with van der Waals surface area (Å²) in [6, 6.07) is 19.0. The fourth-order valence-electron chi connectivity index (χ4n) is 4.88. The van der Waals surface area contributed by atoms with Crippen LogP contribution in [0.3, 0.4) is 0 Å². The first-order valence-corrected chi connectivity index (χ1v) is 23.1. The van der Waals surface area contributed by atoms with Gasteiger partial charge in [-0.05, 0) is 0 Å². The predicted octanol–water partition coefficient (Wildman–Crippen LogP) is 7.95. The fraction of sp³-hybridized carbons (Fsp3) is 0.556. The van der Waals surface area contributed by atoms with Crippen molar-refractivity contribution < 1.29 is 0 Å². The van der Waals surface area contributed by atoms with Gasteiger partial charge < -0.3 is 0 Å². The van der Waals surface area contributed by atoms with Crippen LogP contribution < -0.4 is 8.77 Å². The fourth-order valence-corrected chi connectivity index (χ4v) is 23.3. The molecule has 2 rings (SSSR count). The second-order valence-corrected chi connectivity index (χ2v) is 28.1. The van der Waals surface area contributed by atoms with Crippen molar-refractivity contribution in [2.45, 2.75) is 92.2 Å². The van der Waals surface area contributed by atoms with Crippen LogP contribution >= 0.6 is 0 Å². The van der Waals surface area contributed by atoms with Crippen molar-refractivity contribution in [3.63, 3.8) is 0 Å². The molecule has 0 amide bonds. The van der Waals surface area contributed by atoms with Gasteiger partial charge in [0.25, 0.3) is 0 Å². The van der Waals surface area contributed by atoms with Gasteiger partial charge in [0.15, 0.2) is 0 Å². The summed E-state index contributed by atoms with van der Waals surface area (Å²) in [5, 5.41) is 1.63. The maximum absolute atomic E-state index is 2.56. The molecule has 2 aromatic carbocycles. The zero-order valence-corrected chi connectivity index (χ0v) is 23.8. The van der Waals surface area contributed by atoms with E-state index in [0.717, 1.165) is 0 Å². The molecule has 0 nitrogen and oxygen atoms in total. The average molecular weight is 515 g/mol. The molecule has 0 unspecified atom stereocenters. The third-order valence-corrected chi connectivity index (χ3v) is 24.3. The monoisotopic (exact) mass is 516 g/mol. The molecule has 0 aliphatic rings. The summed E-state index contributed by atoms with van der Waals surface area (Å²) in [7, 11) is -1.40.